The smallest absolute Gasteiger partial charge is 0.173 e. The number of para-hydroxylation sites is 1. The standard InChI is InChI=1S/C46H27N3O3/c1-2-10-28(11-3-1)44-47-45(29-20-18-27(19-21-29)43-34-15-6-4-12-31(34)32-13-5-7-16-35(32)43)49-46(48-44)30-22-23-38-40(24-30)52-41-25-36-33-14-8-9-17-37(33)50-39(36)26-42(41)51-38/h1-26,43H. The number of benzene rings is 7. The second-order valence-corrected chi connectivity index (χ2v) is 13.2. The molecule has 0 bridgehead atoms. The molecule has 6 heteroatoms. The molecule has 0 amide bonds. The summed E-state index contributed by atoms with van der Waals surface area (Å²) >= 11 is 0. The van der Waals surface area contributed by atoms with E-state index in [-0.39, 0.29) is 5.92 Å². The Labute approximate surface area is 298 Å². The highest BCUT2D eigenvalue weighted by atomic mass is 16.6. The van der Waals surface area contributed by atoms with Gasteiger partial charge in [-0.2, -0.15) is 0 Å². The molecule has 11 rings (SSSR count). The van der Waals surface area contributed by atoms with Gasteiger partial charge in [0.05, 0.1) is 0 Å². The first kappa shape index (κ1) is 28.8. The zero-order valence-corrected chi connectivity index (χ0v) is 27.7. The van der Waals surface area contributed by atoms with Crippen molar-refractivity contribution in [2.45, 2.75) is 5.92 Å². The zero-order chi connectivity index (χ0) is 34.2. The van der Waals surface area contributed by atoms with E-state index in [2.05, 4.69) is 72.8 Å². The number of hydrogen-bond acceptors (Lipinski definition) is 6. The number of fused-ring (bicyclic) bond motifs is 8. The van der Waals surface area contributed by atoms with Crippen LogP contribution in [0.25, 0.3) is 67.2 Å². The SMILES string of the molecule is c1ccc(-c2nc(-c3ccc(C4c5ccccc5-c5ccccc54)cc3)nc(-c3ccc4c(c3)Oc3cc5c(cc3O4)oc3ccccc35)n2)cc1. The van der Waals surface area contributed by atoms with Crippen LogP contribution in [0.5, 0.6) is 23.0 Å². The Bertz CT molecular complexity index is 2820. The van der Waals surface area contributed by atoms with Crippen molar-refractivity contribution in [1.29, 1.82) is 0 Å². The van der Waals surface area contributed by atoms with E-state index in [1.807, 2.05) is 84.9 Å². The molecule has 244 valence electrons. The molecule has 0 fully saturated rings. The number of nitrogens with zero attached hydrogens (tertiary/aromatic N) is 3. The molecule has 0 saturated carbocycles. The fourth-order valence-electron chi connectivity index (χ4n) is 7.63. The third-order valence-corrected chi connectivity index (χ3v) is 10.1. The molecule has 0 radical (unpaired) electrons. The zero-order valence-electron chi connectivity index (χ0n) is 27.7. The Morgan fingerprint density at radius 2 is 0.942 bits per heavy atom. The van der Waals surface area contributed by atoms with E-state index >= 15 is 0 Å². The topological polar surface area (TPSA) is 70.3 Å². The van der Waals surface area contributed by atoms with Crippen LogP contribution >= 0.6 is 0 Å². The third kappa shape index (κ3) is 4.55. The average Bonchev–Trinajstić information content (AvgIpc) is 3.74. The molecule has 0 atom stereocenters. The molecule has 0 spiro atoms. The highest BCUT2D eigenvalue weighted by Crippen LogP contribution is 2.50. The normalized spacial score (nSPS) is 12.8. The van der Waals surface area contributed by atoms with E-state index in [0.29, 0.717) is 40.5 Å². The summed E-state index contributed by atoms with van der Waals surface area (Å²) in [5.41, 5.74) is 10.7. The van der Waals surface area contributed by atoms with Gasteiger partial charge in [-0.15, -0.1) is 0 Å². The molecule has 0 unspecified atom stereocenters. The molecular weight excluding hydrogens is 643 g/mol. The van der Waals surface area contributed by atoms with Crippen LogP contribution in [-0.4, -0.2) is 15.0 Å². The summed E-state index contributed by atoms with van der Waals surface area (Å²) in [7, 11) is 0. The van der Waals surface area contributed by atoms with Crippen molar-refractivity contribution < 1.29 is 13.9 Å². The molecule has 3 heterocycles. The Balaban J connectivity index is 0.978. The largest absolute Gasteiger partial charge is 0.456 e. The van der Waals surface area contributed by atoms with E-state index in [0.717, 1.165) is 38.6 Å². The van der Waals surface area contributed by atoms with Gasteiger partial charge in [0.2, 0.25) is 0 Å². The van der Waals surface area contributed by atoms with Crippen molar-refractivity contribution in [3.05, 3.63) is 174 Å². The predicted octanol–water partition coefficient (Wildman–Crippen LogP) is 11.8. The lowest BCUT2D eigenvalue weighted by Crippen LogP contribution is -2.02. The van der Waals surface area contributed by atoms with Gasteiger partial charge >= 0.3 is 0 Å². The van der Waals surface area contributed by atoms with Gasteiger partial charge in [-0.25, -0.2) is 15.0 Å². The third-order valence-electron chi connectivity index (χ3n) is 10.1. The van der Waals surface area contributed by atoms with Crippen LogP contribution in [0.15, 0.2) is 162 Å². The van der Waals surface area contributed by atoms with Crippen LogP contribution in [0.1, 0.15) is 22.6 Å². The highest BCUT2D eigenvalue weighted by Gasteiger charge is 2.29. The van der Waals surface area contributed by atoms with E-state index in [4.69, 9.17) is 28.8 Å². The first-order valence-corrected chi connectivity index (χ1v) is 17.3. The van der Waals surface area contributed by atoms with E-state index in [1.54, 1.807) is 0 Å². The minimum atomic E-state index is 0.168. The van der Waals surface area contributed by atoms with Gasteiger partial charge in [-0.1, -0.05) is 121 Å². The maximum Gasteiger partial charge on any atom is 0.173 e. The molecule has 7 aromatic carbocycles. The van der Waals surface area contributed by atoms with Crippen molar-refractivity contribution >= 4 is 21.9 Å². The Morgan fingerprint density at radius 3 is 1.69 bits per heavy atom. The molecule has 1 aliphatic heterocycles. The minimum absolute atomic E-state index is 0.168. The average molecular weight is 670 g/mol. The fraction of sp³-hybridized carbons (Fsp3) is 0.0217. The molecular formula is C46H27N3O3. The number of aromatic nitrogens is 3. The predicted molar refractivity (Wildman–Crippen MR) is 203 cm³/mol. The number of ether oxygens (including phenoxy) is 2. The maximum absolute atomic E-state index is 6.47. The van der Waals surface area contributed by atoms with E-state index in [9.17, 15) is 0 Å². The summed E-state index contributed by atoms with van der Waals surface area (Å²) in [5.74, 6) is 4.32. The Hall–Kier alpha value is -7.05. The summed E-state index contributed by atoms with van der Waals surface area (Å²) < 4.78 is 18.9. The van der Waals surface area contributed by atoms with Crippen molar-refractivity contribution in [3.8, 4) is 68.3 Å². The molecule has 0 N–H and O–H groups in total. The first-order valence-electron chi connectivity index (χ1n) is 17.3. The summed E-state index contributed by atoms with van der Waals surface area (Å²) in [4.78, 5) is 15.0. The van der Waals surface area contributed by atoms with Crippen molar-refractivity contribution in [2.75, 3.05) is 0 Å². The van der Waals surface area contributed by atoms with Gasteiger partial charge in [0.1, 0.15) is 11.2 Å². The number of rotatable bonds is 4. The van der Waals surface area contributed by atoms with Crippen LogP contribution < -0.4 is 9.47 Å². The van der Waals surface area contributed by atoms with Crippen molar-refractivity contribution in [2.24, 2.45) is 0 Å². The van der Waals surface area contributed by atoms with Gasteiger partial charge in [-0.3, -0.25) is 0 Å². The molecule has 52 heavy (non-hydrogen) atoms. The molecule has 9 aromatic rings. The number of furan rings is 1. The minimum Gasteiger partial charge on any atom is -0.456 e. The molecule has 2 aliphatic rings. The van der Waals surface area contributed by atoms with Crippen LogP contribution in [0.3, 0.4) is 0 Å². The quantitative estimate of drug-likeness (QED) is 0.186. The lowest BCUT2D eigenvalue weighted by atomic mass is 9.89. The van der Waals surface area contributed by atoms with Gasteiger partial charge in [0.15, 0.2) is 40.5 Å². The van der Waals surface area contributed by atoms with Gasteiger partial charge in [-0.05, 0) is 58.1 Å². The van der Waals surface area contributed by atoms with E-state index in [1.165, 1.54) is 27.8 Å². The second-order valence-electron chi connectivity index (χ2n) is 13.2. The maximum atomic E-state index is 6.47. The molecule has 6 nitrogen and oxygen atoms in total. The lowest BCUT2D eigenvalue weighted by Gasteiger charge is -2.21. The second kappa shape index (κ2) is 11.2. The molecule has 2 aromatic heterocycles. The summed E-state index contributed by atoms with van der Waals surface area (Å²) in [6.07, 6.45) is 0. The van der Waals surface area contributed by atoms with Crippen molar-refractivity contribution in [3.63, 3.8) is 0 Å². The van der Waals surface area contributed by atoms with Gasteiger partial charge < -0.3 is 13.9 Å². The van der Waals surface area contributed by atoms with E-state index < -0.39 is 0 Å². The fourth-order valence-corrected chi connectivity index (χ4v) is 7.63. The number of hydrogen-bond donors (Lipinski definition) is 0. The molecule has 1 aliphatic carbocycles. The van der Waals surface area contributed by atoms with Crippen LogP contribution in [0.4, 0.5) is 0 Å². The Kier molecular flexibility index (Phi) is 6.21. The summed E-state index contributed by atoms with van der Waals surface area (Å²) in [6, 6.07) is 53.7. The molecule has 0 saturated heterocycles. The monoisotopic (exact) mass is 669 g/mol. The first-order chi connectivity index (χ1) is 25.7. The van der Waals surface area contributed by atoms with Crippen molar-refractivity contribution in [1.82, 2.24) is 15.0 Å². The highest BCUT2D eigenvalue weighted by molar-refractivity contribution is 6.06. The van der Waals surface area contributed by atoms with Crippen LogP contribution in [-0.2, 0) is 0 Å². The summed E-state index contributed by atoms with van der Waals surface area (Å²) in [5, 5.41) is 2.00. The van der Waals surface area contributed by atoms with Gasteiger partial charge in [0.25, 0.3) is 0 Å². The van der Waals surface area contributed by atoms with Gasteiger partial charge in [0, 0.05) is 39.4 Å². The summed E-state index contributed by atoms with van der Waals surface area (Å²) in [6.45, 7) is 0. The lowest BCUT2D eigenvalue weighted by molar-refractivity contribution is 0.360. The van der Waals surface area contributed by atoms with Crippen LogP contribution in [0, 0.1) is 0 Å². The Morgan fingerprint density at radius 1 is 0.385 bits per heavy atom. The van der Waals surface area contributed by atoms with Crippen LogP contribution in [0.2, 0.25) is 0 Å².